The molecule has 1 fully saturated rings. The van der Waals surface area contributed by atoms with Crippen LogP contribution < -0.4 is 10.3 Å². The molecule has 0 aliphatic heterocycles. The van der Waals surface area contributed by atoms with Crippen molar-refractivity contribution < 1.29 is 14.6 Å². The molecule has 0 amide bonds. The third-order valence-electron chi connectivity index (χ3n) is 6.29. The molecule has 1 heterocycles. The molecule has 6 nitrogen and oxygen atoms in total. The second-order valence-corrected chi connectivity index (χ2v) is 9.27. The molecule has 7 heteroatoms. The molecule has 34 heavy (non-hydrogen) atoms. The highest BCUT2D eigenvalue weighted by atomic mass is 35.5. The number of methoxy groups -OCH3 is 1. The van der Waals surface area contributed by atoms with Crippen LogP contribution in [0.25, 0.3) is 0 Å². The van der Waals surface area contributed by atoms with Gasteiger partial charge in [-0.3, -0.25) is 9.69 Å². The summed E-state index contributed by atoms with van der Waals surface area (Å²) in [4.78, 5) is 26.4. The zero-order valence-corrected chi connectivity index (χ0v) is 20.2. The number of rotatable bonds is 10. The normalized spacial score (nSPS) is 13.3. The summed E-state index contributed by atoms with van der Waals surface area (Å²) in [5.41, 5.74) is 4.27. The summed E-state index contributed by atoms with van der Waals surface area (Å²) in [6.45, 7) is 1.76. The van der Waals surface area contributed by atoms with E-state index in [4.69, 9.17) is 21.4 Å². The molecule has 0 spiro atoms. The van der Waals surface area contributed by atoms with Crippen LogP contribution in [0, 0.1) is 0 Å². The van der Waals surface area contributed by atoms with Crippen molar-refractivity contribution in [3.8, 4) is 5.75 Å². The van der Waals surface area contributed by atoms with Gasteiger partial charge in [0.1, 0.15) is 10.8 Å². The van der Waals surface area contributed by atoms with Gasteiger partial charge in [-0.15, -0.1) is 0 Å². The van der Waals surface area contributed by atoms with Crippen molar-refractivity contribution in [2.24, 2.45) is 0 Å². The Labute approximate surface area is 204 Å². The summed E-state index contributed by atoms with van der Waals surface area (Å²) in [5, 5.41) is 9.37. The molecule has 178 valence electrons. The number of carboxylic acids is 1. The molecule has 1 aromatic heterocycles. The molecule has 0 radical (unpaired) electrons. The van der Waals surface area contributed by atoms with Crippen molar-refractivity contribution in [2.45, 2.75) is 44.8 Å². The van der Waals surface area contributed by atoms with E-state index >= 15 is 0 Å². The number of hydrogen-bond donors (Lipinski definition) is 1. The lowest BCUT2D eigenvalue weighted by atomic mass is 10.1. The van der Waals surface area contributed by atoms with Crippen LogP contribution in [0.4, 0.5) is 0 Å². The average Bonchev–Trinajstić information content (AvgIpc) is 3.67. The Hall–Kier alpha value is -3.09. The van der Waals surface area contributed by atoms with Gasteiger partial charge in [-0.05, 0) is 67.6 Å². The van der Waals surface area contributed by atoms with E-state index in [9.17, 15) is 9.59 Å². The van der Waals surface area contributed by atoms with Gasteiger partial charge in [-0.1, -0.05) is 41.9 Å². The lowest BCUT2D eigenvalue weighted by molar-refractivity contribution is 0.0697. The number of pyridine rings is 1. The summed E-state index contributed by atoms with van der Waals surface area (Å²) >= 11 is 6.38. The van der Waals surface area contributed by atoms with Crippen LogP contribution in [-0.2, 0) is 26.1 Å². The minimum absolute atomic E-state index is 0.186. The highest BCUT2D eigenvalue weighted by molar-refractivity contribution is 6.30. The molecule has 1 saturated carbocycles. The van der Waals surface area contributed by atoms with Crippen LogP contribution in [0.5, 0.6) is 5.75 Å². The molecule has 0 bridgehead atoms. The number of aromatic nitrogens is 1. The zero-order valence-electron chi connectivity index (χ0n) is 19.5. The standard InChI is InChI=1S/C27H29ClN2O4/c1-29(16-21-5-3-4-6-25(21)34-2)17-24-22(19-11-12-19)15-23(28)26(31)30(24)14-13-18-7-9-20(10-8-18)27(32)33/h3-10,15,19H,11-14,16-17H2,1-2H3,(H,32,33). The number of carbonyl (C=O) groups is 1. The quantitative estimate of drug-likeness (QED) is 0.444. The highest BCUT2D eigenvalue weighted by Crippen LogP contribution is 2.42. The molecule has 0 unspecified atom stereocenters. The van der Waals surface area contributed by atoms with Crippen molar-refractivity contribution in [3.63, 3.8) is 0 Å². The van der Waals surface area contributed by atoms with E-state index in [0.717, 1.165) is 41.0 Å². The van der Waals surface area contributed by atoms with Crippen LogP contribution in [0.1, 0.15) is 51.5 Å². The summed E-state index contributed by atoms with van der Waals surface area (Å²) < 4.78 is 7.31. The highest BCUT2D eigenvalue weighted by Gasteiger charge is 2.29. The number of benzene rings is 2. The molecule has 3 aromatic rings. The van der Waals surface area contributed by atoms with Crippen LogP contribution in [0.3, 0.4) is 0 Å². The van der Waals surface area contributed by atoms with Crippen molar-refractivity contribution in [1.82, 2.24) is 9.47 Å². The van der Waals surface area contributed by atoms with Crippen LogP contribution in [-0.4, -0.2) is 34.7 Å². The number of hydrogen-bond acceptors (Lipinski definition) is 4. The molecular formula is C27H29ClN2O4. The van der Waals surface area contributed by atoms with E-state index in [-0.39, 0.29) is 16.1 Å². The monoisotopic (exact) mass is 480 g/mol. The molecule has 1 aliphatic carbocycles. The van der Waals surface area contributed by atoms with Gasteiger partial charge in [0, 0.05) is 30.9 Å². The van der Waals surface area contributed by atoms with Gasteiger partial charge in [-0.25, -0.2) is 4.79 Å². The van der Waals surface area contributed by atoms with Gasteiger partial charge in [-0.2, -0.15) is 0 Å². The van der Waals surface area contributed by atoms with E-state index < -0.39 is 5.97 Å². The van der Waals surface area contributed by atoms with Crippen LogP contribution in [0.2, 0.25) is 5.02 Å². The fraction of sp³-hybridized carbons (Fsp3) is 0.333. The largest absolute Gasteiger partial charge is 0.496 e. The zero-order chi connectivity index (χ0) is 24.2. The Bertz CT molecular complexity index is 1230. The number of aromatic carboxylic acids is 1. The van der Waals surface area contributed by atoms with E-state index in [2.05, 4.69) is 4.90 Å². The number of ether oxygens (including phenoxy) is 1. The predicted octanol–water partition coefficient (Wildman–Crippen LogP) is 4.96. The molecule has 2 aromatic carbocycles. The summed E-state index contributed by atoms with van der Waals surface area (Å²) in [5.74, 6) is 0.330. The number of para-hydroxylation sites is 1. The van der Waals surface area contributed by atoms with Gasteiger partial charge in [0.15, 0.2) is 0 Å². The second-order valence-electron chi connectivity index (χ2n) is 8.86. The predicted molar refractivity (Wildman–Crippen MR) is 133 cm³/mol. The van der Waals surface area contributed by atoms with E-state index in [1.165, 1.54) is 0 Å². The number of carboxylic acid groups (broad SMARTS) is 1. The first-order valence-corrected chi connectivity index (χ1v) is 11.8. The fourth-order valence-corrected chi connectivity index (χ4v) is 4.56. The Morgan fingerprint density at radius 1 is 1.15 bits per heavy atom. The second kappa shape index (κ2) is 10.5. The number of nitrogens with zero attached hydrogens (tertiary/aromatic N) is 2. The van der Waals surface area contributed by atoms with Crippen molar-refractivity contribution in [3.05, 3.63) is 97.9 Å². The van der Waals surface area contributed by atoms with E-state index in [1.807, 2.05) is 37.4 Å². The first kappa shape index (κ1) is 24.0. The Kier molecular flexibility index (Phi) is 7.39. The molecule has 0 saturated heterocycles. The molecular weight excluding hydrogens is 452 g/mol. The third kappa shape index (κ3) is 5.51. The van der Waals surface area contributed by atoms with Gasteiger partial charge in [0.05, 0.1) is 12.7 Å². The maximum absolute atomic E-state index is 13.1. The molecule has 1 N–H and O–H groups in total. The summed E-state index contributed by atoms with van der Waals surface area (Å²) in [6.07, 6.45) is 2.82. The molecule has 0 atom stereocenters. The first-order valence-electron chi connectivity index (χ1n) is 11.4. The van der Waals surface area contributed by atoms with Gasteiger partial charge >= 0.3 is 5.97 Å². The van der Waals surface area contributed by atoms with E-state index in [1.54, 1.807) is 35.9 Å². The van der Waals surface area contributed by atoms with Crippen molar-refractivity contribution in [1.29, 1.82) is 0 Å². The minimum Gasteiger partial charge on any atom is -0.496 e. The fourth-order valence-electron chi connectivity index (χ4n) is 4.34. The topological polar surface area (TPSA) is 71.8 Å². The first-order chi connectivity index (χ1) is 16.4. The lowest BCUT2D eigenvalue weighted by Crippen LogP contribution is -2.30. The van der Waals surface area contributed by atoms with E-state index in [0.29, 0.717) is 32.0 Å². The Morgan fingerprint density at radius 3 is 2.50 bits per heavy atom. The average molecular weight is 481 g/mol. The van der Waals surface area contributed by atoms with Crippen LogP contribution in [0.15, 0.2) is 59.4 Å². The lowest BCUT2D eigenvalue weighted by Gasteiger charge is -2.24. The molecule has 1 aliphatic rings. The maximum atomic E-state index is 13.1. The maximum Gasteiger partial charge on any atom is 0.335 e. The van der Waals surface area contributed by atoms with Gasteiger partial charge in [0.25, 0.3) is 5.56 Å². The summed E-state index contributed by atoms with van der Waals surface area (Å²) in [7, 11) is 3.71. The van der Waals surface area contributed by atoms with Crippen LogP contribution >= 0.6 is 11.6 Å². The number of halogens is 1. The van der Waals surface area contributed by atoms with Gasteiger partial charge < -0.3 is 14.4 Å². The SMILES string of the molecule is COc1ccccc1CN(C)Cc1c(C2CC2)cc(Cl)c(=O)n1CCc1ccc(C(=O)O)cc1. The minimum atomic E-state index is -0.952. The summed E-state index contributed by atoms with van der Waals surface area (Å²) in [6, 6.07) is 16.6. The molecule has 4 rings (SSSR count). The smallest absolute Gasteiger partial charge is 0.335 e. The van der Waals surface area contributed by atoms with Crippen molar-refractivity contribution in [2.75, 3.05) is 14.2 Å². The van der Waals surface area contributed by atoms with Crippen molar-refractivity contribution >= 4 is 17.6 Å². The Morgan fingerprint density at radius 2 is 1.85 bits per heavy atom. The Balaban J connectivity index is 1.60. The van der Waals surface area contributed by atoms with Gasteiger partial charge in [0.2, 0.25) is 0 Å². The third-order valence-corrected chi connectivity index (χ3v) is 6.56. The number of aryl methyl sites for hydroxylation is 1.